The number of aliphatic hydroxyl groups excluding tert-OH is 1. The lowest BCUT2D eigenvalue weighted by atomic mass is 10.1. The summed E-state index contributed by atoms with van der Waals surface area (Å²) in [4.78, 5) is 44.8. The molecule has 0 aliphatic carbocycles. The van der Waals surface area contributed by atoms with Crippen molar-refractivity contribution in [3.05, 3.63) is 11.9 Å². The summed E-state index contributed by atoms with van der Waals surface area (Å²) in [6.07, 6.45) is 6.41. The first-order valence-corrected chi connectivity index (χ1v) is 15.9. The Morgan fingerprint density at radius 2 is 1.62 bits per heavy atom. The third-order valence-electron chi connectivity index (χ3n) is 7.58. The van der Waals surface area contributed by atoms with Gasteiger partial charge in [-0.05, 0) is 6.42 Å². The lowest BCUT2D eigenvalue weighted by molar-refractivity contribution is -0.138. The van der Waals surface area contributed by atoms with Crippen LogP contribution in [0.3, 0.4) is 0 Å². The Hall–Kier alpha value is -4.19. The van der Waals surface area contributed by atoms with E-state index in [1.807, 2.05) is 9.80 Å². The number of hydrogen-bond acceptors (Lipinski definition) is 16. The summed E-state index contributed by atoms with van der Waals surface area (Å²) in [5.41, 5.74) is 6.16. The number of ether oxygens (including phenoxy) is 4. The Labute approximate surface area is 278 Å². The summed E-state index contributed by atoms with van der Waals surface area (Å²) in [5, 5.41) is 29.9. The number of morpholine rings is 1. The molecule has 2 aliphatic heterocycles. The minimum Gasteiger partial charge on any atom is -0.481 e. The molecule has 264 valence electrons. The van der Waals surface area contributed by atoms with Gasteiger partial charge < -0.3 is 54.9 Å². The van der Waals surface area contributed by atoms with Gasteiger partial charge in [0, 0.05) is 52.2 Å². The molecule has 2 atom stereocenters. The van der Waals surface area contributed by atoms with Gasteiger partial charge >= 0.3 is 5.97 Å². The van der Waals surface area contributed by atoms with Crippen molar-refractivity contribution in [1.82, 2.24) is 34.8 Å². The minimum absolute atomic E-state index is 0.0236. The van der Waals surface area contributed by atoms with Gasteiger partial charge in [0.25, 0.3) is 0 Å². The fourth-order valence-corrected chi connectivity index (χ4v) is 4.96. The van der Waals surface area contributed by atoms with Crippen LogP contribution >= 0.6 is 0 Å². The predicted molar refractivity (Wildman–Crippen MR) is 171 cm³/mol. The number of anilines is 3. The Morgan fingerprint density at radius 1 is 0.979 bits per heavy atom. The number of terminal acetylenes is 1. The predicted octanol–water partition coefficient (Wildman–Crippen LogP) is -1.86. The van der Waals surface area contributed by atoms with Crippen molar-refractivity contribution in [3.63, 3.8) is 0 Å². The number of aliphatic carboxylic acids is 1. The molecule has 5 N–H and O–H groups in total. The third kappa shape index (κ3) is 11.2. The van der Waals surface area contributed by atoms with Crippen LogP contribution in [-0.2, 0) is 28.5 Å². The molecular weight excluding hydrogens is 630 g/mol. The molecule has 48 heavy (non-hydrogen) atoms. The lowest BCUT2D eigenvalue weighted by Crippen LogP contribution is -2.51. The molecular formula is C29H45N11O8. The normalized spacial score (nSPS) is 16.4. The number of nitrogens with two attached hydrogens (primary N) is 1. The number of piperazine rings is 1. The summed E-state index contributed by atoms with van der Waals surface area (Å²) in [6, 6.07) is -1.65. The van der Waals surface area contributed by atoms with Gasteiger partial charge in [0.05, 0.1) is 65.1 Å². The van der Waals surface area contributed by atoms with Crippen LogP contribution in [0.1, 0.15) is 30.6 Å². The molecule has 2 aliphatic rings. The number of carboxylic acid groups (broad SMARTS) is 1. The molecule has 2 saturated heterocycles. The average molecular weight is 676 g/mol. The van der Waals surface area contributed by atoms with Crippen molar-refractivity contribution in [2.45, 2.75) is 24.9 Å². The first kappa shape index (κ1) is 36.6. The number of hydrogen-bond donors (Lipinski definition) is 4. The number of carbonyl (C=O) groups excluding carboxylic acids is 1. The second-order valence-electron chi connectivity index (χ2n) is 10.9. The van der Waals surface area contributed by atoms with Crippen LogP contribution < -0.4 is 20.9 Å². The van der Waals surface area contributed by atoms with Crippen molar-refractivity contribution in [3.8, 4) is 12.3 Å². The van der Waals surface area contributed by atoms with E-state index in [0.717, 1.165) is 0 Å². The number of rotatable bonds is 20. The van der Waals surface area contributed by atoms with Crippen LogP contribution in [0.2, 0.25) is 0 Å². The van der Waals surface area contributed by atoms with E-state index < -0.39 is 18.1 Å². The van der Waals surface area contributed by atoms with Crippen molar-refractivity contribution < 1.29 is 38.7 Å². The molecule has 2 fully saturated rings. The maximum atomic E-state index is 13.6. The van der Waals surface area contributed by atoms with Gasteiger partial charge in [0.2, 0.25) is 23.8 Å². The van der Waals surface area contributed by atoms with Crippen molar-refractivity contribution >= 4 is 29.7 Å². The van der Waals surface area contributed by atoms with Crippen LogP contribution in [0.25, 0.3) is 0 Å². The fourth-order valence-electron chi connectivity index (χ4n) is 4.96. The topological polar surface area (TPSA) is 229 Å². The van der Waals surface area contributed by atoms with Gasteiger partial charge in [-0.1, -0.05) is 11.1 Å². The highest BCUT2D eigenvalue weighted by molar-refractivity contribution is 5.81. The van der Waals surface area contributed by atoms with Gasteiger partial charge in [-0.15, -0.1) is 11.5 Å². The van der Waals surface area contributed by atoms with Crippen LogP contribution in [0.4, 0.5) is 17.8 Å². The van der Waals surface area contributed by atoms with Gasteiger partial charge in [-0.2, -0.15) is 15.0 Å². The molecule has 2 aromatic heterocycles. The molecule has 1 amide bonds. The fraction of sp³-hybridized carbons (Fsp3) is 0.690. The zero-order valence-corrected chi connectivity index (χ0v) is 27.0. The van der Waals surface area contributed by atoms with Crippen LogP contribution in [0, 0.1) is 12.3 Å². The van der Waals surface area contributed by atoms with E-state index in [2.05, 4.69) is 31.5 Å². The second kappa shape index (κ2) is 19.6. The molecule has 2 aromatic rings. The monoisotopic (exact) mass is 675 g/mol. The van der Waals surface area contributed by atoms with E-state index in [1.54, 1.807) is 4.90 Å². The first-order chi connectivity index (χ1) is 23.4. The minimum atomic E-state index is -1.03. The number of carbonyl (C=O) groups is 2. The summed E-state index contributed by atoms with van der Waals surface area (Å²) < 4.78 is 23.1. The highest BCUT2D eigenvalue weighted by atomic mass is 16.5. The number of nitrogens with one attached hydrogen (secondary N) is 1. The summed E-state index contributed by atoms with van der Waals surface area (Å²) in [7, 11) is 0. The maximum Gasteiger partial charge on any atom is 0.303 e. The van der Waals surface area contributed by atoms with E-state index >= 15 is 0 Å². The number of amides is 1. The molecule has 0 radical (unpaired) electrons. The SMILES string of the molecule is C#CCOCCOCCOCCNc1nc(N2CCOCC2)nc(N2CCN(C(=O)[C@H](CCC(=O)O)n3cc(C(N)CO)nn3)CC2)n1. The van der Waals surface area contributed by atoms with Gasteiger partial charge in [0.1, 0.15) is 18.3 Å². The Bertz CT molecular complexity index is 1330. The molecule has 1 unspecified atom stereocenters. The van der Waals surface area contributed by atoms with Gasteiger partial charge in [0.15, 0.2) is 0 Å². The lowest BCUT2D eigenvalue weighted by Gasteiger charge is -2.36. The standard InChI is InChI=1S/C29H45N11O8/c1-2-12-45-16-18-48-19-17-46-13-5-31-27-32-28(34-29(33-27)39-10-14-47-15-11-39)38-8-6-37(7-9-38)26(44)24(3-4-25(42)43)40-20-23(35-36-40)22(30)21-41/h1,20,22,24,41H,3-19,21,30H2,(H,42,43)(H,31,32,33,34)/t22?,24-/m0/s1. The Morgan fingerprint density at radius 3 is 2.27 bits per heavy atom. The second-order valence-corrected chi connectivity index (χ2v) is 10.9. The summed E-state index contributed by atoms with van der Waals surface area (Å²) >= 11 is 0. The Balaban J connectivity index is 1.34. The largest absolute Gasteiger partial charge is 0.481 e. The molecule has 19 nitrogen and oxygen atoms in total. The van der Waals surface area contributed by atoms with Crippen LogP contribution in [0.5, 0.6) is 0 Å². The molecule has 0 saturated carbocycles. The highest BCUT2D eigenvalue weighted by Gasteiger charge is 2.31. The molecule has 19 heteroatoms. The maximum absolute atomic E-state index is 13.6. The van der Waals surface area contributed by atoms with Crippen molar-refractivity contribution in [2.24, 2.45) is 5.73 Å². The van der Waals surface area contributed by atoms with E-state index in [0.29, 0.717) is 116 Å². The molecule has 0 bridgehead atoms. The number of carboxylic acids is 1. The number of aliphatic hydroxyl groups is 1. The van der Waals surface area contributed by atoms with Crippen molar-refractivity contribution in [2.75, 3.05) is 120 Å². The quantitative estimate of drug-likeness (QED) is 0.0891. The molecule has 4 heterocycles. The average Bonchev–Trinajstić information content (AvgIpc) is 3.60. The summed E-state index contributed by atoms with van der Waals surface area (Å²) in [5.74, 6) is 2.50. The van der Waals surface area contributed by atoms with E-state index in [4.69, 9.17) is 36.1 Å². The van der Waals surface area contributed by atoms with Crippen LogP contribution in [-0.4, -0.2) is 162 Å². The third-order valence-corrected chi connectivity index (χ3v) is 7.58. The van der Waals surface area contributed by atoms with Gasteiger partial charge in [-0.25, -0.2) is 4.68 Å². The molecule has 0 spiro atoms. The zero-order valence-electron chi connectivity index (χ0n) is 27.0. The highest BCUT2D eigenvalue weighted by Crippen LogP contribution is 2.22. The van der Waals surface area contributed by atoms with Gasteiger partial charge in [-0.3, -0.25) is 9.59 Å². The summed E-state index contributed by atoms with van der Waals surface area (Å²) in [6.45, 7) is 6.55. The Kier molecular flexibility index (Phi) is 15.0. The van der Waals surface area contributed by atoms with E-state index in [1.165, 1.54) is 10.9 Å². The van der Waals surface area contributed by atoms with Crippen LogP contribution in [0.15, 0.2) is 6.20 Å². The molecule has 4 rings (SSSR count). The number of aromatic nitrogens is 6. The molecule has 0 aromatic carbocycles. The van der Waals surface area contributed by atoms with E-state index in [9.17, 15) is 19.8 Å². The van der Waals surface area contributed by atoms with Crippen molar-refractivity contribution in [1.29, 1.82) is 0 Å². The van der Waals surface area contributed by atoms with E-state index in [-0.39, 0.29) is 32.0 Å². The first-order valence-electron chi connectivity index (χ1n) is 15.9. The smallest absolute Gasteiger partial charge is 0.303 e. The zero-order chi connectivity index (χ0) is 34.1. The number of nitrogens with zero attached hydrogens (tertiary/aromatic N) is 9.